The summed E-state index contributed by atoms with van der Waals surface area (Å²) in [7, 11) is 0. The lowest BCUT2D eigenvalue weighted by molar-refractivity contribution is -0.137. The monoisotopic (exact) mass is 283 g/mol. The zero-order valence-electron chi connectivity index (χ0n) is 11.4. The van der Waals surface area contributed by atoms with E-state index >= 15 is 0 Å². The molecule has 1 aromatic carbocycles. The minimum Gasteiger partial charge on any atom is -0.327 e. The first-order valence-corrected chi connectivity index (χ1v) is 7.05. The number of hydrogen-bond donors (Lipinski definition) is 1. The average molecular weight is 283 g/mol. The van der Waals surface area contributed by atoms with E-state index in [-0.39, 0.29) is 6.04 Å². The maximum Gasteiger partial charge on any atom is 0.416 e. The number of allylic oxidation sites excluding steroid dienone is 1. The first-order valence-electron chi connectivity index (χ1n) is 7.05. The molecule has 1 nitrogen and oxygen atoms in total. The second-order valence-corrected chi connectivity index (χ2v) is 5.47. The number of benzene rings is 1. The van der Waals surface area contributed by atoms with Crippen LogP contribution in [0.25, 0.3) is 0 Å². The second-order valence-electron chi connectivity index (χ2n) is 5.47. The number of halogens is 3. The molecule has 0 fully saturated rings. The quantitative estimate of drug-likeness (QED) is 0.811. The van der Waals surface area contributed by atoms with Crippen LogP contribution in [0, 0.1) is 0 Å². The van der Waals surface area contributed by atoms with Crippen molar-refractivity contribution in [1.29, 1.82) is 0 Å². The van der Waals surface area contributed by atoms with Crippen LogP contribution in [-0.4, -0.2) is 6.04 Å². The van der Waals surface area contributed by atoms with Crippen LogP contribution in [0.5, 0.6) is 0 Å². The Hall–Kier alpha value is -1.29. The summed E-state index contributed by atoms with van der Waals surface area (Å²) in [6, 6.07) is 5.29. The number of rotatable bonds is 4. The highest BCUT2D eigenvalue weighted by molar-refractivity contribution is 5.25. The Bertz CT molecular complexity index is 460. The van der Waals surface area contributed by atoms with E-state index < -0.39 is 11.7 Å². The van der Waals surface area contributed by atoms with Gasteiger partial charge in [0.25, 0.3) is 0 Å². The summed E-state index contributed by atoms with van der Waals surface area (Å²) in [4.78, 5) is 0. The minimum absolute atomic E-state index is 0.0175. The molecule has 0 saturated heterocycles. The molecule has 0 heterocycles. The van der Waals surface area contributed by atoms with Gasteiger partial charge in [-0.2, -0.15) is 13.2 Å². The summed E-state index contributed by atoms with van der Waals surface area (Å²) in [6.45, 7) is 0. The van der Waals surface area contributed by atoms with E-state index in [9.17, 15) is 13.2 Å². The maximum atomic E-state index is 12.5. The Kier molecular flexibility index (Phi) is 4.86. The Morgan fingerprint density at radius 1 is 1.05 bits per heavy atom. The standard InChI is InChI=1S/C16H20F3N/c17-16(18,19)14-8-6-13(7-9-14)11-15(20)10-12-4-2-1-3-5-12/h4,6-9,15H,1-3,5,10-11,20H2. The van der Waals surface area contributed by atoms with Gasteiger partial charge in [-0.1, -0.05) is 23.8 Å². The van der Waals surface area contributed by atoms with Gasteiger partial charge in [0.15, 0.2) is 0 Å². The molecule has 0 bridgehead atoms. The predicted molar refractivity (Wildman–Crippen MR) is 74.3 cm³/mol. The molecule has 2 rings (SSSR count). The number of nitrogens with two attached hydrogens (primary N) is 1. The van der Waals surface area contributed by atoms with Gasteiger partial charge >= 0.3 is 6.18 Å². The maximum absolute atomic E-state index is 12.5. The SMILES string of the molecule is NC(CC1=CCCCC1)Cc1ccc(C(F)(F)F)cc1. The van der Waals surface area contributed by atoms with Crippen molar-refractivity contribution in [3.8, 4) is 0 Å². The summed E-state index contributed by atoms with van der Waals surface area (Å²) in [5.41, 5.74) is 7.75. The van der Waals surface area contributed by atoms with E-state index in [4.69, 9.17) is 5.73 Å². The Balaban J connectivity index is 1.91. The molecule has 20 heavy (non-hydrogen) atoms. The highest BCUT2D eigenvalue weighted by Crippen LogP contribution is 2.29. The van der Waals surface area contributed by atoms with Gasteiger partial charge in [-0.15, -0.1) is 0 Å². The van der Waals surface area contributed by atoms with Crippen molar-refractivity contribution in [2.45, 2.75) is 50.7 Å². The van der Waals surface area contributed by atoms with E-state index in [1.165, 1.54) is 30.5 Å². The first kappa shape index (κ1) is 15.1. The van der Waals surface area contributed by atoms with Gasteiger partial charge in [-0.25, -0.2) is 0 Å². The van der Waals surface area contributed by atoms with Crippen molar-refractivity contribution in [3.05, 3.63) is 47.0 Å². The van der Waals surface area contributed by atoms with Crippen molar-refractivity contribution >= 4 is 0 Å². The van der Waals surface area contributed by atoms with Crippen molar-refractivity contribution in [3.63, 3.8) is 0 Å². The van der Waals surface area contributed by atoms with Gasteiger partial charge in [0.1, 0.15) is 0 Å². The smallest absolute Gasteiger partial charge is 0.327 e. The van der Waals surface area contributed by atoms with Crippen molar-refractivity contribution in [2.75, 3.05) is 0 Å². The van der Waals surface area contributed by atoms with Crippen LogP contribution in [0.4, 0.5) is 13.2 Å². The zero-order valence-corrected chi connectivity index (χ0v) is 11.4. The molecule has 0 aromatic heterocycles. The first-order chi connectivity index (χ1) is 9.45. The lowest BCUT2D eigenvalue weighted by Gasteiger charge is -2.17. The molecular weight excluding hydrogens is 263 g/mol. The molecule has 1 aliphatic carbocycles. The molecule has 0 saturated carbocycles. The zero-order chi connectivity index (χ0) is 14.6. The van der Waals surface area contributed by atoms with E-state index in [2.05, 4.69) is 6.08 Å². The topological polar surface area (TPSA) is 26.0 Å². The van der Waals surface area contributed by atoms with Crippen molar-refractivity contribution in [2.24, 2.45) is 5.73 Å². The van der Waals surface area contributed by atoms with Crippen LogP contribution in [0.15, 0.2) is 35.9 Å². The van der Waals surface area contributed by atoms with Crippen LogP contribution in [-0.2, 0) is 12.6 Å². The van der Waals surface area contributed by atoms with E-state index in [1.807, 2.05) is 0 Å². The van der Waals surface area contributed by atoms with Crippen LogP contribution < -0.4 is 5.73 Å². The largest absolute Gasteiger partial charge is 0.416 e. The summed E-state index contributed by atoms with van der Waals surface area (Å²) in [5, 5.41) is 0. The molecule has 0 amide bonds. The number of hydrogen-bond acceptors (Lipinski definition) is 1. The fourth-order valence-corrected chi connectivity index (χ4v) is 2.63. The van der Waals surface area contributed by atoms with Gasteiger partial charge < -0.3 is 5.73 Å². The van der Waals surface area contributed by atoms with E-state index in [0.717, 1.165) is 37.0 Å². The second kappa shape index (κ2) is 6.44. The van der Waals surface area contributed by atoms with Crippen LogP contribution in [0.1, 0.15) is 43.2 Å². The lowest BCUT2D eigenvalue weighted by atomic mass is 9.92. The van der Waals surface area contributed by atoms with E-state index in [1.54, 1.807) is 0 Å². The Morgan fingerprint density at radius 2 is 1.75 bits per heavy atom. The van der Waals surface area contributed by atoms with Gasteiger partial charge in [0.2, 0.25) is 0 Å². The van der Waals surface area contributed by atoms with Gasteiger partial charge in [-0.05, 0) is 56.2 Å². The summed E-state index contributed by atoms with van der Waals surface area (Å²) >= 11 is 0. The molecule has 1 unspecified atom stereocenters. The third-order valence-electron chi connectivity index (χ3n) is 3.69. The molecule has 0 aliphatic heterocycles. The lowest BCUT2D eigenvalue weighted by Crippen LogP contribution is -2.23. The molecule has 1 aliphatic rings. The highest BCUT2D eigenvalue weighted by atomic mass is 19.4. The molecule has 4 heteroatoms. The summed E-state index contributed by atoms with van der Waals surface area (Å²) < 4.78 is 37.4. The highest BCUT2D eigenvalue weighted by Gasteiger charge is 2.29. The predicted octanol–water partition coefficient (Wildman–Crippen LogP) is 4.47. The number of alkyl halides is 3. The van der Waals surface area contributed by atoms with Crippen LogP contribution in [0.3, 0.4) is 0 Å². The fraction of sp³-hybridized carbons (Fsp3) is 0.500. The molecule has 1 atom stereocenters. The van der Waals surface area contributed by atoms with Crippen molar-refractivity contribution < 1.29 is 13.2 Å². The average Bonchev–Trinajstić information content (AvgIpc) is 2.39. The molecule has 110 valence electrons. The van der Waals surface area contributed by atoms with Gasteiger partial charge in [0, 0.05) is 6.04 Å². The molecular formula is C16H20F3N. The normalized spacial score (nSPS) is 17.7. The molecule has 2 N–H and O–H groups in total. The fourth-order valence-electron chi connectivity index (χ4n) is 2.63. The van der Waals surface area contributed by atoms with Gasteiger partial charge in [0.05, 0.1) is 5.56 Å². The van der Waals surface area contributed by atoms with E-state index in [0.29, 0.717) is 6.42 Å². The minimum atomic E-state index is -4.27. The third-order valence-corrected chi connectivity index (χ3v) is 3.69. The van der Waals surface area contributed by atoms with Crippen LogP contribution >= 0.6 is 0 Å². The summed E-state index contributed by atoms with van der Waals surface area (Å²) in [5.74, 6) is 0. The van der Waals surface area contributed by atoms with Gasteiger partial charge in [-0.3, -0.25) is 0 Å². The Labute approximate surface area is 117 Å². The molecule has 0 spiro atoms. The third kappa shape index (κ3) is 4.37. The van der Waals surface area contributed by atoms with Crippen molar-refractivity contribution in [1.82, 2.24) is 0 Å². The summed E-state index contributed by atoms with van der Waals surface area (Å²) in [6.07, 6.45) is 4.17. The molecule has 0 radical (unpaired) electrons. The van der Waals surface area contributed by atoms with Crippen LogP contribution in [0.2, 0.25) is 0 Å². The molecule has 1 aromatic rings. The Morgan fingerprint density at radius 3 is 2.30 bits per heavy atom.